The van der Waals surface area contributed by atoms with E-state index in [9.17, 15) is 4.39 Å². The van der Waals surface area contributed by atoms with Crippen molar-refractivity contribution in [3.8, 4) is 17.1 Å². The van der Waals surface area contributed by atoms with Crippen LogP contribution >= 0.6 is 0 Å². The van der Waals surface area contributed by atoms with E-state index in [-0.39, 0.29) is 5.82 Å². The Morgan fingerprint density at radius 2 is 1.87 bits per heavy atom. The van der Waals surface area contributed by atoms with Crippen molar-refractivity contribution >= 4 is 16.7 Å². The Labute approximate surface area is 180 Å². The number of hydrogen-bond acceptors (Lipinski definition) is 5. The summed E-state index contributed by atoms with van der Waals surface area (Å²) < 4.78 is 25.8. The van der Waals surface area contributed by atoms with E-state index in [1.165, 1.54) is 11.6 Å². The molecule has 2 aromatic carbocycles. The summed E-state index contributed by atoms with van der Waals surface area (Å²) in [6, 6.07) is 17.1. The number of halogens is 1. The van der Waals surface area contributed by atoms with Crippen LogP contribution in [-0.4, -0.2) is 43.2 Å². The highest BCUT2D eigenvalue weighted by Crippen LogP contribution is 2.35. The van der Waals surface area contributed by atoms with Gasteiger partial charge in [0.2, 0.25) is 0 Å². The van der Waals surface area contributed by atoms with Crippen LogP contribution in [0.5, 0.6) is 5.75 Å². The van der Waals surface area contributed by atoms with Crippen LogP contribution in [0.1, 0.15) is 5.56 Å². The van der Waals surface area contributed by atoms with E-state index in [0.717, 1.165) is 60.8 Å². The molecule has 31 heavy (non-hydrogen) atoms. The number of aromatic nitrogens is 1. The van der Waals surface area contributed by atoms with Gasteiger partial charge in [-0.05, 0) is 48.0 Å². The average molecular weight is 417 g/mol. The first-order valence-corrected chi connectivity index (χ1v) is 10.4. The first-order chi connectivity index (χ1) is 15.2. The van der Waals surface area contributed by atoms with Gasteiger partial charge >= 0.3 is 0 Å². The monoisotopic (exact) mass is 417 g/mol. The fourth-order valence-corrected chi connectivity index (χ4v) is 4.19. The zero-order valence-corrected chi connectivity index (χ0v) is 17.4. The van der Waals surface area contributed by atoms with Gasteiger partial charge in [-0.2, -0.15) is 0 Å². The lowest BCUT2D eigenvalue weighted by molar-refractivity contribution is 0.249. The van der Waals surface area contributed by atoms with Gasteiger partial charge in [-0.15, -0.1) is 0 Å². The van der Waals surface area contributed by atoms with Crippen molar-refractivity contribution in [3.05, 3.63) is 78.4 Å². The van der Waals surface area contributed by atoms with Crippen LogP contribution < -0.4 is 9.64 Å². The highest BCUT2D eigenvalue weighted by molar-refractivity contribution is 5.88. The quantitative estimate of drug-likeness (QED) is 0.459. The van der Waals surface area contributed by atoms with Gasteiger partial charge in [0.15, 0.2) is 11.3 Å². The van der Waals surface area contributed by atoms with Gasteiger partial charge in [-0.1, -0.05) is 12.1 Å². The maximum Gasteiger partial charge on any atom is 0.176 e. The topological polar surface area (TPSA) is 41.7 Å². The van der Waals surface area contributed by atoms with Crippen molar-refractivity contribution in [2.45, 2.75) is 6.54 Å². The summed E-state index contributed by atoms with van der Waals surface area (Å²) in [5.41, 5.74) is 3.54. The van der Waals surface area contributed by atoms with E-state index in [0.29, 0.717) is 5.69 Å². The maximum atomic E-state index is 14.1. The summed E-state index contributed by atoms with van der Waals surface area (Å²) >= 11 is 0. The molecule has 1 aliphatic rings. The van der Waals surface area contributed by atoms with Gasteiger partial charge in [0.05, 0.1) is 12.8 Å². The second-order valence-corrected chi connectivity index (χ2v) is 7.78. The van der Waals surface area contributed by atoms with Crippen molar-refractivity contribution in [2.75, 3.05) is 38.2 Å². The lowest BCUT2D eigenvalue weighted by Gasteiger charge is -2.36. The Hall–Kier alpha value is -3.38. The number of benzene rings is 2. The fraction of sp³-hybridized carbons (Fsp3) is 0.240. The lowest BCUT2D eigenvalue weighted by atomic mass is 10.1. The fourth-order valence-electron chi connectivity index (χ4n) is 4.19. The molecular formula is C25H24FN3O2. The average Bonchev–Trinajstić information content (AvgIpc) is 3.24. The van der Waals surface area contributed by atoms with E-state index in [4.69, 9.17) is 9.15 Å². The number of rotatable bonds is 5. The maximum absolute atomic E-state index is 14.1. The van der Waals surface area contributed by atoms with E-state index >= 15 is 0 Å². The van der Waals surface area contributed by atoms with Gasteiger partial charge in [-0.25, -0.2) is 4.39 Å². The zero-order chi connectivity index (χ0) is 21.2. The number of para-hydroxylation sites is 1. The molecule has 0 atom stereocenters. The highest BCUT2D eigenvalue weighted by atomic mass is 19.1. The lowest BCUT2D eigenvalue weighted by Crippen LogP contribution is -2.46. The minimum Gasteiger partial charge on any atom is -0.493 e. The van der Waals surface area contributed by atoms with Gasteiger partial charge in [0, 0.05) is 56.1 Å². The van der Waals surface area contributed by atoms with Crippen LogP contribution in [0.4, 0.5) is 10.1 Å². The molecule has 0 bridgehead atoms. The highest BCUT2D eigenvalue weighted by Gasteiger charge is 2.20. The Kier molecular flexibility index (Phi) is 5.30. The van der Waals surface area contributed by atoms with Gasteiger partial charge in [-0.3, -0.25) is 9.88 Å². The van der Waals surface area contributed by atoms with Crippen LogP contribution in [0.3, 0.4) is 0 Å². The van der Waals surface area contributed by atoms with Crippen LogP contribution in [0.25, 0.3) is 22.3 Å². The molecule has 4 aromatic rings. The predicted octanol–water partition coefficient (Wildman–Crippen LogP) is 4.96. The van der Waals surface area contributed by atoms with Crippen molar-refractivity contribution in [1.82, 2.24) is 9.88 Å². The largest absolute Gasteiger partial charge is 0.493 e. The number of nitrogens with zero attached hydrogens (tertiary/aromatic N) is 3. The molecule has 0 radical (unpaired) electrons. The Morgan fingerprint density at radius 3 is 2.61 bits per heavy atom. The number of methoxy groups -OCH3 is 1. The molecule has 2 aromatic heterocycles. The number of fused-ring (bicyclic) bond motifs is 1. The third kappa shape index (κ3) is 3.99. The molecule has 1 saturated heterocycles. The molecule has 0 spiro atoms. The van der Waals surface area contributed by atoms with Gasteiger partial charge in [0.25, 0.3) is 0 Å². The minimum atomic E-state index is -0.157. The molecule has 0 aliphatic carbocycles. The number of anilines is 1. The van der Waals surface area contributed by atoms with Gasteiger partial charge in [0.1, 0.15) is 11.6 Å². The van der Waals surface area contributed by atoms with E-state index < -0.39 is 0 Å². The van der Waals surface area contributed by atoms with Crippen molar-refractivity contribution in [3.63, 3.8) is 0 Å². The summed E-state index contributed by atoms with van der Waals surface area (Å²) in [5.74, 6) is 1.35. The van der Waals surface area contributed by atoms with E-state index in [1.54, 1.807) is 25.6 Å². The smallest absolute Gasteiger partial charge is 0.176 e. The molecule has 0 saturated carbocycles. The molecule has 1 aliphatic heterocycles. The summed E-state index contributed by atoms with van der Waals surface area (Å²) in [7, 11) is 1.66. The number of pyridine rings is 1. The molecular weight excluding hydrogens is 393 g/mol. The standard InChI is InChI=1S/C25H24FN3O2/c1-30-24-14-18(13-20-15-23(31-25(20)24)19-5-4-8-27-16-19)17-28-9-11-29(12-10-28)22-7-3-2-6-21(22)26/h2-8,13-16H,9-12,17H2,1H3. The second-order valence-electron chi connectivity index (χ2n) is 7.78. The first kappa shape index (κ1) is 19.6. The molecule has 0 amide bonds. The Morgan fingerprint density at radius 1 is 1.03 bits per heavy atom. The normalized spacial score (nSPS) is 14.8. The SMILES string of the molecule is COc1cc(CN2CCN(c3ccccc3F)CC2)cc2cc(-c3cccnc3)oc12. The van der Waals surface area contributed by atoms with Crippen LogP contribution in [0, 0.1) is 5.82 Å². The molecule has 1 fully saturated rings. The predicted molar refractivity (Wildman–Crippen MR) is 120 cm³/mol. The third-order valence-corrected chi connectivity index (χ3v) is 5.78. The molecule has 6 heteroatoms. The number of piperazine rings is 1. The second kappa shape index (κ2) is 8.40. The molecule has 0 N–H and O–H groups in total. The van der Waals surface area contributed by atoms with E-state index in [2.05, 4.69) is 20.9 Å². The zero-order valence-electron chi connectivity index (χ0n) is 17.4. The minimum absolute atomic E-state index is 0.157. The first-order valence-electron chi connectivity index (χ1n) is 10.4. The third-order valence-electron chi connectivity index (χ3n) is 5.78. The van der Waals surface area contributed by atoms with Crippen LogP contribution in [-0.2, 0) is 6.54 Å². The number of furan rings is 1. The van der Waals surface area contributed by atoms with Crippen molar-refractivity contribution < 1.29 is 13.5 Å². The van der Waals surface area contributed by atoms with Crippen molar-refractivity contribution in [1.29, 1.82) is 0 Å². The summed E-state index contributed by atoms with van der Waals surface area (Å²) in [6.45, 7) is 4.17. The Bertz CT molecular complexity index is 1180. The molecule has 3 heterocycles. The van der Waals surface area contributed by atoms with E-state index in [1.807, 2.05) is 36.4 Å². The summed E-state index contributed by atoms with van der Waals surface area (Å²) in [4.78, 5) is 8.68. The van der Waals surface area contributed by atoms with Gasteiger partial charge < -0.3 is 14.1 Å². The number of ether oxygens (including phenoxy) is 1. The Balaban J connectivity index is 1.33. The summed E-state index contributed by atoms with van der Waals surface area (Å²) in [6.07, 6.45) is 3.54. The molecule has 5 nitrogen and oxygen atoms in total. The molecule has 0 unspecified atom stereocenters. The van der Waals surface area contributed by atoms with Crippen molar-refractivity contribution in [2.24, 2.45) is 0 Å². The molecule has 5 rings (SSSR count). The van der Waals surface area contributed by atoms with Crippen LogP contribution in [0.15, 0.2) is 71.4 Å². The summed E-state index contributed by atoms with van der Waals surface area (Å²) in [5, 5.41) is 1.01. The van der Waals surface area contributed by atoms with Crippen LogP contribution in [0.2, 0.25) is 0 Å². The number of hydrogen-bond donors (Lipinski definition) is 0. The molecule has 158 valence electrons.